The maximum Gasteiger partial charge on any atom is 0.168 e. The van der Waals surface area contributed by atoms with Gasteiger partial charge in [0.25, 0.3) is 0 Å². The molecule has 0 aliphatic heterocycles. The second kappa shape index (κ2) is 8.75. The maximum absolute atomic E-state index is 5.68. The van der Waals surface area contributed by atoms with Crippen molar-refractivity contribution in [2.75, 3.05) is 25.1 Å². The smallest absolute Gasteiger partial charge is 0.168 e. The van der Waals surface area contributed by atoms with Crippen LogP contribution < -0.4 is 10.1 Å². The minimum absolute atomic E-state index is 0.149. The molecule has 0 spiro atoms. The van der Waals surface area contributed by atoms with E-state index in [1.54, 1.807) is 6.20 Å². The Kier molecular flexibility index (Phi) is 7.18. The molecule has 1 aromatic heterocycles. The second-order valence-electron chi connectivity index (χ2n) is 4.41. The van der Waals surface area contributed by atoms with Crippen LogP contribution in [0.25, 0.3) is 0 Å². The van der Waals surface area contributed by atoms with Gasteiger partial charge in [-0.1, -0.05) is 13.3 Å². The summed E-state index contributed by atoms with van der Waals surface area (Å²) in [5.41, 5.74) is 0. The van der Waals surface area contributed by atoms with Crippen molar-refractivity contribution in [3.05, 3.63) is 18.3 Å². The van der Waals surface area contributed by atoms with E-state index in [4.69, 9.17) is 9.47 Å². The van der Waals surface area contributed by atoms with E-state index in [0.717, 1.165) is 31.1 Å². The van der Waals surface area contributed by atoms with Crippen molar-refractivity contribution in [1.29, 1.82) is 0 Å². The van der Waals surface area contributed by atoms with Gasteiger partial charge in [-0.25, -0.2) is 4.98 Å². The second-order valence-corrected chi connectivity index (χ2v) is 4.41. The van der Waals surface area contributed by atoms with Gasteiger partial charge in [-0.15, -0.1) is 0 Å². The quantitative estimate of drug-likeness (QED) is 0.686. The molecular weight excluding hydrogens is 228 g/mol. The summed E-state index contributed by atoms with van der Waals surface area (Å²) < 4.78 is 11.2. The summed E-state index contributed by atoms with van der Waals surface area (Å²) >= 11 is 0. The van der Waals surface area contributed by atoms with Gasteiger partial charge >= 0.3 is 0 Å². The summed E-state index contributed by atoms with van der Waals surface area (Å²) in [5.74, 6) is 1.58. The van der Waals surface area contributed by atoms with Crippen LogP contribution >= 0.6 is 0 Å². The van der Waals surface area contributed by atoms with E-state index in [9.17, 15) is 0 Å². The van der Waals surface area contributed by atoms with Crippen molar-refractivity contribution in [3.63, 3.8) is 0 Å². The molecule has 0 aliphatic carbocycles. The van der Waals surface area contributed by atoms with Crippen LogP contribution in [0.1, 0.15) is 33.6 Å². The number of ether oxygens (including phenoxy) is 2. The van der Waals surface area contributed by atoms with Crippen molar-refractivity contribution >= 4 is 5.82 Å². The van der Waals surface area contributed by atoms with E-state index < -0.39 is 0 Å². The lowest BCUT2D eigenvalue weighted by Gasteiger charge is -2.14. The lowest BCUT2D eigenvalue weighted by molar-refractivity contribution is 0.141. The molecule has 1 rings (SSSR count). The Labute approximate surface area is 110 Å². The standard InChI is InChI=1S/C14H24N2O2/c1-4-5-10-17-11-9-16-14-13(18-12(2)3)7-6-8-15-14/h6-8,12H,4-5,9-11H2,1-3H3,(H,15,16). The van der Waals surface area contributed by atoms with E-state index in [1.165, 1.54) is 6.42 Å². The maximum atomic E-state index is 5.68. The minimum atomic E-state index is 0.149. The first-order valence-corrected chi connectivity index (χ1v) is 6.67. The molecule has 0 radical (unpaired) electrons. The predicted molar refractivity (Wildman–Crippen MR) is 74.2 cm³/mol. The zero-order valence-electron chi connectivity index (χ0n) is 11.6. The average Bonchev–Trinajstić information content (AvgIpc) is 2.35. The summed E-state index contributed by atoms with van der Waals surface area (Å²) in [5, 5.41) is 3.23. The molecule has 1 N–H and O–H groups in total. The minimum Gasteiger partial charge on any atom is -0.487 e. The zero-order chi connectivity index (χ0) is 13.2. The topological polar surface area (TPSA) is 43.4 Å². The van der Waals surface area contributed by atoms with Gasteiger partial charge in [-0.3, -0.25) is 0 Å². The molecule has 0 fully saturated rings. The number of unbranched alkanes of at least 4 members (excludes halogenated alkanes) is 1. The molecule has 0 unspecified atom stereocenters. The van der Waals surface area contributed by atoms with Crippen LogP contribution in [0, 0.1) is 0 Å². The van der Waals surface area contributed by atoms with Gasteiger partial charge in [0, 0.05) is 19.3 Å². The van der Waals surface area contributed by atoms with Crippen LogP contribution in [0.15, 0.2) is 18.3 Å². The lowest BCUT2D eigenvalue weighted by Crippen LogP contribution is -2.13. The molecule has 0 bridgehead atoms. The highest BCUT2D eigenvalue weighted by atomic mass is 16.5. The fourth-order valence-corrected chi connectivity index (χ4v) is 1.46. The molecule has 4 heteroatoms. The molecule has 0 amide bonds. The van der Waals surface area contributed by atoms with E-state index in [0.29, 0.717) is 6.61 Å². The SMILES string of the molecule is CCCCOCCNc1ncccc1OC(C)C. The normalized spacial score (nSPS) is 10.7. The summed E-state index contributed by atoms with van der Waals surface area (Å²) in [6.45, 7) is 8.43. The first kappa shape index (κ1) is 14.8. The number of pyridine rings is 1. The van der Waals surface area contributed by atoms with Crippen LogP contribution in [0.2, 0.25) is 0 Å². The fraction of sp³-hybridized carbons (Fsp3) is 0.643. The first-order chi connectivity index (χ1) is 8.74. The molecule has 18 heavy (non-hydrogen) atoms. The van der Waals surface area contributed by atoms with Gasteiger partial charge in [0.15, 0.2) is 11.6 Å². The highest BCUT2D eigenvalue weighted by molar-refractivity contribution is 5.49. The average molecular weight is 252 g/mol. The van der Waals surface area contributed by atoms with Crippen LogP contribution in [0.5, 0.6) is 5.75 Å². The highest BCUT2D eigenvalue weighted by Gasteiger charge is 2.05. The van der Waals surface area contributed by atoms with Gasteiger partial charge in [-0.05, 0) is 32.4 Å². The van der Waals surface area contributed by atoms with Crippen LogP contribution in [-0.4, -0.2) is 30.8 Å². The van der Waals surface area contributed by atoms with Crippen molar-refractivity contribution in [3.8, 4) is 5.75 Å². The number of nitrogens with one attached hydrogen (secondary N) is 1. The van der Waals surface area contributed by atoms with Crippen LogP contribution in [0.3, 0.4) is 0 Å². The fourth-order valence-electron chi connectivity index (χ4n) is 1.46. The predicted octanol–water partition coefficient (Wildman–Crippen LogP) is 3.10. The third-order valence-corrected chi connectivity index (χ3v) is 2.31. The molecule has 1 heterocycles. The largest absolute Gasteiger partial charge is 0.487 e. The third-order valence-electron chi connectivity index (χ3n) is 2.31. The summed E-state index contributed by atoms with van der Waals surface area (Å²) in [7, 11) is 0. The lowest BCUT2D eigenvalue weighted by atomic mass is 10.4. The van der Waals surface area contributed by atoms with Gasteiger partial charge in [-0.2, -0.15) is 0 Å². The van der Waals surface area contributed by atoms with Gasteiger partial charge in [0.05, 0.1) is 12.7 Å². The van der Waals surface area contributed by atoms with Gasteiger partial charge < -0.3 is 14.8 Å². The van der Waals surface area contributed by atoms with Crippen molar-refractivity contribution < 1.29 is 9.47 Å². The molecule has 102 valence electrons. The van der Waals surface area contributed by atoms with Crippen molar-refractivity contribution in [2.24, 2.45) is 0 Å². The Morgan fingerprint density at radius 1 is 1.33 bits per heavy atom. The van der Waals surface area contributed by atoms with Crippen LogP contribution in [-0.2, 0) is 4.74 Å². The number of hydrogen-bond donors (Lipinski definition) is 1. The number of aromatic nitrogens is 1. The molecule has 4 nitrogen and oxygen atoms in total. The van der Waals surface area contributed by atoms with Gasteiger partial charge in [0.2, 0.25) is 0 Å². The van der Waals surface area contributed by atoms with E-state index in [2.05, 4.69) is 17.2 Å². The molecule has 0 aromatic carbocycles. The van der Waals surface area contributed by atoms with Gasteiger partial charge in [0.1, 0.15) is 0 Å². The van der Waals surface area contributed by atoms with Crippen LogP contribution in [0.4, 0.5) is 5.82 Å². The Morgan fingerprint density at radius 2 is 2.17 bits per heavy atom. The summed E-state index contributed by atoms with van der Waals surface area (Å²) in [6, 6.07) is 3.80. The Morgan fingerprint density at radius 3 is 2.89 bits per heavy atom. The van der Waals surface area contributed by atoms with E-state index in [1.807, 2.05) is 26.0 Å². The molecule has 0 aliphatic rings. The number of rotatable bonds is 9. The molecule has 0 atom stereocenters. The Bertz CT molecular complexity index is 329. The molecular formula is C14H24N2O2. The first-order valence-electron chi connectivity index (χ1n) is 6.67. The van der Waals surface area contributed by atoms with E-state index >= 15 is 0 Å². The third kappa shape index (κ3) is 5.87. The molecule has 0 saturated carbocycles. The summed E-state index contributed by atoms with van der Waals surface area (Å²) in [6.07, 6.45) is 4.19. The molecule has 0 saturated heterocycles. The molecule has 1 aromatic rings. The number of nitrogens with zero attached hydrogens (tertiary/aromatic N) is 1. The van der Waals surface area contributed by atoms with E-state index in [-0.39, 0.29) is 6.10 Å². The van der Waals surface area contributed by atoms with Crippen molar-refractivity contribution in [1.82, 2.24) is 4.98 Å². The number of hydrogen-bond acceptors (Lipinski definition) is 4. The Balaban J connectivity index is 2.32. The Hall–Kier alpha value is -1.29. The van der Waals surface area contributed by atoms with Crippen molar-refractivity contribution in [2.45, 2.75) is 39.7 Å². The monoisotopic (exact) mass is 252 g/mol. The highest BCUT2D eigenvalue weighted by Crippen LogP contribution is 2.21. The summed E-state index contributed by atoms with van der Waals surface area (Å²) in [4.78, 5) is 4.27. The number of anilines is 1. The zero-order valence-corrected chi connectivity index (χ0v) is 11.6.